The van der Waals surface area contributed by atoms with Gasteiger partial charge in [0.05, 0.1) is 24.0 Å². The van der Waals surface area contributed by atoms with Crippen molar-refractivity contribution < 1.29 is 23.9 Å². The van der Waals surface area contributed by atoms with Crippen molar-refractivity contribution in [3.05, 3.63) is 120 Å². The highest BCUT2D eigenvalue weighted by Gasteiger charge is 2.60. The number of carbonyl (C=O) groups excluding carboxylic acids is 2. The third-order valence-electron chi connectivity index (χ3n) is 7.00. The Morgan fingerprint density at radius 2 is 1.31 bits per heavy atom. The van der Waals surface area contributed by atoms with Crippen molar-refractivity contribution in [2.75, 3.05) is 16.6 Å². The van der Waals surface area contributed by atoms with E-state index in [1.807, 2.05) is 91.9 Å². The number of para-hydroxylation sites is 1. The molecule has 7 nitrogen and oxygen atoms in total. The summed E-state index contributed by atoms with van der Waals surface area (Å²) in [6.07, 6.45) is -0.928. The number of hydroxylamine groups is 1. The van der Waals surface area contributed by atoms with Crippen LogP contribution in [-0.4, -0.2) is 24.5 Å². The molecule has 2 aliphatic rings. The van der Waals surface area contributed by atoms with Crippen LogP contribution in [0.2, 0.25) is 0 Å². The third-order valence-corrected chi connectivity index (χ3v) is 7.00. The molecule has 6 rings (SSSR count). The number of fused-ring (bicyclic) bond motifs is 1. The SMILES string of the molecule is CCOc1ccc(N2C(=O)C3ON(c4ccccc4)C(c4ccc(OCc5ccccc5)cc4)C3C2=O)cc1. The molecule has 0 spiro atoms. The maximum Gasteiger partial charge on any atom is 0.266 e. The lowest BCUT2D eigenvalue weighted by molar-refractivity contribution is -0.126. The quantitative estimate of drug-likeness (QED) is 0.277. The van der Waals surface area contributed by atoms with Crippen LogP contribution in [0.1, 0.15) is 24.1 Å². The minimum absolute atomic E-state index is 0.290. The van der Waals surface area contributed by atoms with Gasteiger partial charge in [-0.25, -0.2) is 9.96 Å². The van der Waals surface area contributed by atoms with Crippen LogP contribution in [0.5, 0.6) is 11.5 Å². The van der Waals surface area contributed by atoms with E-state index in [0.717, 1.165) is 16.8 Å². The van der Waals surface area contributed by atoms with E-state index in [1.54, 1.807) is 29.3 Å². The number of imide groups is 1. The Balaban J connectivity index is 1.29. The summed E-state index contributed by atoms with van der Waals surface area (Å²) in [6.45, 7) is 2.89. The number of rotatable bonds is 8. The normalized spacial score (nSPS) is 20.3. The fourth-order valence-corrected chi connectivity index (χ4v) is 5.17. The Morgan fingerprint density at radius 3 is 1.97 bits per heavy atom. The van der Waals surface area contributed by atoms with E-state index in [4.69, 9.17) is 14.3 Å². The number of ether oxygens (including phenoxy) is 2. The lowest BCUT2D eigenvalue weighted by Gasteiger charge is -2.29. The second-order valence-corrected chi connectivity index (χ2v) is 9.44. The maximum absolute atomic E-state index is 13.8. The lowest BCUT2D eigenvalue weighted by atomic mass is 9.90. The zero-order chi connectivity index (χ0) is 26.8. The molecule has 0 bridgehead atoms. The first-order valence-electron chi connectivity index (χ1n) is 13.0. The van der Waals surface area contributed by atoms with E-state index >= 15 is 0 Å². The average Bonchev–Trinajstić information content (AvgIpc) is 3.49. The monoisotopic (exact) mass is 520 g/mol. The molecule has 2 saturated heterocycles. The van der Waals surface area contributed by atoms with Crippen LogP contribution in [0.25, 0.3) is 0 Å². The summed E-state index contributed by atoms with van der Waals surface area (Å²) < 4.78 is 11.5. The lowest BCUT2D eigenvalue weighted by Crippen LogP contribution is -2.37. The summed E-state index contributed by atoms with van der Waals surface area (Å²) in [5, 5.41) is 1.69. The highest BCUT2D eigenvalue weighted by atomic mass is 16.7. The van der Waals surface area contributed by atoms with Crippen molar-refractivity contribution in [1.82, 2.24) is 0 Å². The van der Waals surface area contributed by atoms with E-state index in [1.165, 1.54) is 4.90 Å². The predicted octanol–water partition coefficient (Wildman–Crippen LogP) is 5.72. The second-order valence-electron chi connectivity index (χ2n) is 9.44. The van der Waals surface area contributed by atoms with Crippen molar-refractivity contribution in [2.24, 2.45) is 5.92 Å². The maximum atomic E-state index is 13.8. The molecule has 0 aromatic heterocycles. The highest BCUT2D eigenvalue weighted by Crippen LogP contribution is 2.47. The molecule has 39 heavy (non-hydrogen) atoms. The second kappa shape index (κ2) is 10.6. The number of carbonyl (C=O) groups is 2. The molecule has 2 amide bonds. The van der Waals surface area contributed by atoms with Crippen LogP contribution in [0.3, 0.4) is 0 Å². The first-order valence-corrected chi connectivity index (χ1v) is 13.0. The summed E-state index contributed by atoms with van der Waals surface area (Å²) in [7, 11) is 0. The first kappa shape index (κ1) is 24.7. The van der Waals surface area contributed by atoms with Gasteiger partial charge in [0.15, 0.2) is 6.10 Å². The van der Waals surface area contributed by atoms with Crippen LogP contribution in [0.4, 0.5) is 11.4 Å². The molecule has 0 aliphatic carbocycles. The zero-order valence-electron chi connectivity index (χ0n) is 21.5. The van der Waals surface area contributed by atoms with Crippen LogP contribution in [-0.2, 0) is 21.0 Å². The predicted molar refractivity (Wildman–Crippen MR) is 147 cm³/mol. The van der Waals surface area contributed by atoms with Gasteiger partial charge in [0.25, 0.3) is 5.91 Å². The minimum Gasteiger partial charge on any atom is -0.494 e. The van der Waals surface area contributed by atoms with E-state index in [0.29, 0.717) is 30.4 Å². The van der Waals surface area contributed by atoms with Gasteiger partial charge in [-0.2, -0.15) is 0 Å². The molecule has 4 aromatic carbocycles. The van der Waals surface area contributed by atoms with Gasteiger partial charge in [-0.1, -0.05) is 60.7 Å². The van der Waals surface area contributed by atoms with Crippen molar-refractivity contribution in [2.45, 2.75) is 25.7 Å². The van der Waals surface area contributed by atoms with Gasteiger partial charge < -0.3 is 9.47 Å². The van der Waals surface area contributed by atoms with E-state index in [2.05, 4.69) is 0 Å². The third kappa shape index (κ3) is 4.73. The Kier molecular flexibility index (Phi) is 6.73. The van der Waals surface area contributed by atoms with Crippen molar-refractivity contribution in [3.63, 3.8) is 0 Å². The molecule has 0 N–H and O–H groups in total. The number of benzene rings is 4. The molecule has 3 atom stereocenters. The van der Waals surface area contributed by atoms with Gasteiger partial charge in [-0.15, -0.1) is 0 Å². The molecule has 2 heterocycles. The van der Waals surface area contributed by atoms with Crippen LogP contribution < -0.4 is 19.4 Å². The largest absolute Gasteiger partial charge is 0.494 e. The Morgan fingerprint density at radius 1 is 0.692 bits per heavy atom. The van der Waals surface area contributed by atoms with Crippen LogP contribution in [0.15, 0.2) is 109 Å². The molecule has 7 heteroatoms. The number of anilines is 2. The Hall–Kier alpha value is -4.62. The van der Waals surface area contributed by atoms with Gasteiger partial charge >= 0.3 is 0 Å². The van der Waals surface area contributed by atoms with E-state index < -0.39 is 18.1 Å². The fourth-order valence-electron chi connectivity index (χ4n) is 5.17. The number of hydrogen-bond acceptors (Lipinski definition) is 6. The average molecular weight is 521 g/mol. The Labute approximate surface area is 227 Å². The van der Waals surface area contributed by atoms with Crippen molar-refractivity contribution in [3.8, 4) is 11.5 Å². The smallest absolute Gasteiger partial charge is 0.266 e. The molecule has 2 aliphatic heterocycles. The number of amides is 2. The molecule has 4 aromatic rings. The molecular weight excluding hydrogens is 492 g/mol. The minimum atomic E-state index is -0.928. The first-order chi connectivity index (χ1) is 19.1. The van der Waals surface area contributed by atoms with Gasteiger partial charge in [0.2, 0.25) is 5.91 Å². The molecular formula is C32H28N2O5. The topological polar surface area (TPSA) is 68.3 Å². The van der Waals surface area contributed by atoms with Gasteiger partial charge in [0, 0.05) is 0 Å². The van der Waals surface area contributed by atoms with E-state index in [-0.39, 0.29) is 11.8 Å². The summed E-state index contributed by atoms with van der Waals surface area (Å²) in [6, 6.07) is 33.6. The standard InChI is InChI=1S/C32H28N2O5/c1-2-37-26-19-15-24(16-20-26)33-31(35)28-29(34(39-30(28)32(33)36)25-11-7-4-8-12-25)23-13-17-27(18-14-23)38-21-22-9-5-3-6-10-22/h3-20,28-30H,2,21H2,1H3. The zero-order valence-corrected chi connectivity index (χ0v) is 21.5. The molecule has 0 radical (unpaired) electrons. The summed E-state index contributed by atoms with van der Waals surface area (Å²) in [5.41, 5.74) is 3.21. The van der Waals surface area contributed by atoms with Crippen molar-refractivity contribution >= 4 is 23.2 Å². The molecule has 3 unspecified atom stereocenters. The number of hydrogen-bond donors (Lipinski definition) is 0. The van der Waals surface area contributed by atoms with Crippen molar-refractivity contribution in [1.29, 1.82) is 0 Å². The summed E-state index contributed by atoms with van der Waals surface area (Å²) in [5.74, 6) is 0.0245. The summed E-state index contributed by atoms with van der Waals surface area (Å²) in [4.78, 5) is 34.8. The van der Waals surface area contributed by atoms with Gasteiger partial charge in [-0.3, -0.25) is 14.4 Å². The molecule has 196 valence electrons. The molecule has 0 saturated carbocycles. The summed E-state index contributed by atoms with van der Waals surface area (Å²) >= 11 is 0. The van der Waals surface area contributed by atoms with Gasteiger partial charge in [0.1, 0.15) is 24.0 Å². The van der Waals surface area contributed by atoms with E-state index in [9.17, 15) is 9.59 Å². The van der Waals surface area contributed by atoms with Crippen LogP contribution >= 0.6 is 0 Å². The van der Waals surface area contributed by atoms with Gasteiger partial charge in [-0.05, 0) is 66.6 Å². The molecule has 2 fully saturated rings. The number of nitrogens with zero attached hydrogens (tertiary/aromatic N) is 2. The van der Waals surface area contributed by atoms with Crippen LogP contribution in [0, 0.1) is 5.92 Å². The highest BCUT2D eigenvalue weighted by molar-refractivity contribution is 6.23. The Bertz CT molecular complexity index is 1440. The fraction of sp³-hybridized carbons (Fsp3) is 0.188.